The predicted octanol–water partition coefficient (Wildman–Crippen LogP) is 5.09. The quantitative estimate of drug-likeness (QED) is 0.407. The average Bonchev–Trinajstić information content (AvgIpc) is 2.83. The molecule has 33 heavy (non-hydrogen) atoms. The molecule has 0 spiro atoms. The molecule has 0 fully saturated rings. The second-order valence-corrected chi connectivity index (χ2v) is 7.88. The topological polar surface area (TPSA) is 79.5 Å². The summed E-state index contributed by atoms with van der Waals surface area (Å²) in [5, 5.41) is 8.74. The summed E-state index contributed by atoms with van der Waals surface area (Å²) in [5.74, 6) is 0.0840. The molecule has 3 aromatic carbocycles. The number of carbonyl (C=O) groups excluding carboxylic acids is 2. The first-order valence-electron chi connectivity index (χ1n) is 10.8. The van der Waals surface area contributed by atoms with Crippen molar-refractivity contribution in [3.8, 4) is 5.75 Å². The van der Waals surface area contributed by atoms with Gasteiger partial charge in [0.2, 0.25) is 0 Å². The van der Waals surface area contributed by atoms with E-state index in [1.54, 1.807) is 48.5 Å². The second-order valence-electron chi connectivity index (χ2n) is 7.47. The highest BCUT2D eigenvalue weighted by atomic mass is 32.1. The highest BCUT2D eigenvalue weighted by Crippen LogP contribution is 2.16. The molecule has 0 aliphatic rings. The van der Waals surface area contributed by atoms with E-state index in [1.165, 1.54) is 0 Å². The second kappa shape index (κ2) is 11.8. The number of hydrogen-bond donors (Lipinski definition) is 3. The van der Waals surface area contributed by atoms with Crippen molar-refractivity contribution >= 4 is 34.8 Å². The van der Waals surface area contributed by atoms with Gasteiger partial charge in [-0.2, -0.15) is 0 Å². The van der Waals surface area contributed by atoms with Crippen LogP contribution in [0.5, 0.6) is 5.75 Å². The maximum Gasteiger partial charge on any atom is 0.257 e. The number of ether oxygens (including phenoxy) is 1. The average molecular weight is 462 g/mol. The fourth-order valence-electron chi connectivity index (χ4n) is 3.13. The molecule has 0 saturated heterocycles. The number of amides is 2. The van der Waals surface area contributed by atoms with E-state index in [9.17, 15) is 9.59 Å². The van der Waals surface area contributed by atoms with Gasteiger partial charge in [-0.15, -0.1) is 0 Å². The van der Waals surface area contributed by atoms with Crippen LogP contribution >= 0.6 is 12.2 Å². The van der Waals surface area contributed by atoms with Crippen molar-refractivity contribution in [1.29, 1.82) is 0 Å². The van der Waals surface area contributed by atoms with Gasteiger partial charge in [0, 0.05) is 16.8 Å². The summed E-state index contributed by atoms with van der Waals surface area (Å²) < 4.78 is 5.57. The van der Waals surface area contributed by atoms with Crippen LogP contribution in [0.25, 0.3) is 0 Å². The number of thiocarbonyl (C=S) groups is 1. The van der Waals surface area contributed by atoms with E-state index in [0.29, 0.717) is 29.2 Å². The molecule has 0 aliphatic carbocycles. The van der Waals surface area contributed by atoms with Gasteiger partial charge in [-0.3, -0.25) is 14.9 Å². The summed E-state index contributed by atoms with van der Waals surface area (Å²) in [6, 6.07) is 23.5. The molecule has 6 nitrogen and oxygen atoms in total. The number of benzene rings is 3. The van der Waals surface area contributed by atoms with E-state index >= 15 is 0 Å². The molecule has 2 amide bonds. The number of rotatable bonds is 8. The molecule has 1 atom stereocenters. The van der Waals surface area contributed by atoms with Gasteiger partial charge in [-0.1, -0.05) is 49.4 Å². The van der Waals surface area contributed by atoms with Crippen LogP contribution in [0, 0.1) is 0 Å². The highest BCUT2D eigenvalue weighted by Gasteiger charge is 2.13. The van der Waals surface area contributed by atoms with Gasteiger partial charge >= 0.3 is 0 Å². The minimum atomic E-state index is -0.347. The number of anilines is 1. The Morgan fingerprint density at radius 1 is 0.909 bits per heavy atom. The predicted molar refractivity (Wildman–Crippen MR) is 135 cm³/mol. The van der Waals surface area contributed by atoms with Crippen molar-refractivity contribution in [2.24, 2.45) is 0 Å². The Morgan fingerprint density at radius 2 is 1.61 bits per heavy atom. The van der Waals surface area contributed by atoms with Crippen LogP contribution in [0.15, 0.2) is 78.9 Å². The van der Waals surface area contributed by atoms with Gasteiger partial charge in [0.25, 0.3) is 11.8 Å². The van der Waals surface area contributed by atoms with Gasteiger partial charge in [0.15, 0.2) is 5.11 Å². The molecule has 0 radical (unpaired) electrons. The van der Waals surface area contributed by atoms with E-state index < -0.39 is 0 Å². The fraction of sp³-hybridized carbons (Fsp3) is 0.192. The van der Waals surface area contributed by atoms with E-state index in [2.05, 4.69) is 16.0 Å². The molecule has 3 aromatic rings. The zero-order chi connectivity index (χ0) is 23.6. The van der Waals surface area contributed by atoms with Gasteiger partial charge < -0.3 is 15.4 Å². The third kappa shape index (κ3) is 7.15. The molecule has 7 heteroatoms. The summed E-state index contributed by atoms with van der Waals surface area (Å²) in [7, 11) is 0. The van der Waals surface area contributed by atoms with E-state index in [-0.39, 0.29) is 23.0 Å². The van der Waals surface area contributed by atoms with Crippen LogP contribution in [-0.4, -0.2) is 23.5 Å². The molecular weight excluding hydrogens is 434 g/mol. The molecule has 170 valence electrons. The maximum absolute atomic E-state index is 12.7. The summed E-state index contributed by atoms with van der Waals surface area (Å²) in [6.45, 7) is 4.53. The first kappa shape index (κ1) is 23.9. The van der Waals surface area contributed by atoms with Crippen molar-refractivity contribution in [2.75, 3.05) is 11.9 Å². The molecule has 0 aromatic heterocycles. The van der Waals surface area contributed by atoms with Crippen LogP contribution in [0.3, 0.4) is 0 Å². The molecular formula is C26H27N3O3S. The summed E-state index contributed by atoms with van der Waals surface area (Å²) in [6.07, 6.45) is 0.882. The summed E-state index contributed by atoms with van der Waals surface area (Å²) in [4.78, 5) is 25.2. The van der Waals surface area contributed by atoms with Gasteiger partial charge in [0.1, 0.15) is 5.75 Å². The largest absolute Gasteiger partial charge is 0.494 e. The minimum Gasteiger partial charge on any atom is -0.494 e. The zero-order valence-corrected chi connectivity index (χ0v) is 19.4. The highest BCUT2D eigenvalue weighted by molar-refractivity contribution is 7.80. The lowest BCUT2D eigenvalue weighted by atomic mass is 10.1. The lowest BCUT2D eigenvalue weighted by Gasteiger charge is -2.15. The zero-order valence-electron chi connectivity index (χ0n) is 18.6. The van der Waals surface area contributed by atoms with Crippen LogP contribution in [0.4, 0.5) is 5.69 Å². The smallest absolute Gasteiger partial charge is 0.257 e. The Bertz CT molecular complexity index is 1120. The number of nitrogens with one attached hydrogen (secondary N) is 3. The molecule has 0 heterocycles. The van der Waals surface area contributed by atoms with E-state index in [1.807, 2.05) is 44.2 Å². The van der Waals surface area contributed by atoms with Crippen molar-refractivity contribution in [2.45, 2.75) is 26.3 Å². The Morgan fingerprint density at radius 3 is 2.33 bits per heavy atom. The van der Waals surface area contributed by atoms with Gasteiger partial charge in [-0.05, 0) is 67.5 Å². The van der Waals surface area contributed by atoms with Gasteiger partial charge in [-0.25, -0.2) is 0 Å². The SMILES string of the molecule is CCCOc1cccc(C(=O)NC(=S)Nc2cccc(C(=O)NC(C)c3ccccc3)c2)c1. The third-order valence-corrected chi connectivity index (χ3v) is 5.03. The molecule has 1 unspecified atom stereocenters. The Kier molecular flexibility index (Phi) is 8.55. The molecule has 3 N–H and O–H groups in total. The van der Waals surface area contributed by atoms with Crippen molar-refractivity contribution in [3.05, 3.63) is 95.6 Å². The Hall–Kier alpha value is -3.71. The lowest BCUT2D eigenvalue weighted by molar-refractivity contribution is 0.0938. The Balaban J connectivity index is 1.59. The maximum atomic E-state index is 12.7. The molecule has 0 saturated carbocycles. The lowest BCUT2D eigenvalue weighted by Crippen LogP contribution is -2.34. The summed E-state index contributed by atoms with van der Waals surface area (Å²) in [5.41, 5.74) is 2.54. The van der Waals surface area contributed by atoms with E-state index in [0.717, 1.165) is 12.0 Å². The van der Waals surface area contributed by atoms with Crippen LogP contribution in [-0.2, 0) is 0 Å². The fourth-order valence-corrected chi connectivity index (χ4v) is 3.34. The first-order valence-corrected chi connectivity index (χ1v) is 11.2. The first-order chi connectivity index (χ1) is 16.0. The van der Waals surface area contributed by atoms with E-state index in [4.69, 9.17) is 17.0 Å². The number of hydrogen-bond acceptors (Lipinski definition) is 4. The minimum absolute atomic E-state index is 0.132. The summed E-state index contributed by atoms with van der Waals surface area (Å²) >= 11 is 5.28. The molecule has 0 aliphatic heterocycles. The molecule has 3 rings (SSSR count). The van der Waals surface area contributed by atoms with Gasteiger partial charge in [0.05, 0.1) is 12.6 Å². The Labute approximate surface area is 199 Å². The van der Waals surface area contributed by atoms with Crippen molar-refractivity contribution in [1.82, 2.24) is 10.6 Å². The van der Waals surface area contributed by atoms with Crippen LogP contribution in [0.2, 0.25) is 0 Å². The number of carbonyl (C=O) groups is 2. The molecule has 0 bridgehead atoms. The van der Waals surface area contributed by atoms with Crippen molar-refractivity contribution in [3.63, 3.8) is 0 Å². The monoisotopic (exact) mass is 461 g/mol. The normalized spacial score (nSPS) is 11.2. The van der Waals surface area contributed by atoms with Crippen LogP contribution in [0.1, 0.15) is 52.6 Å². The van der Waals surface area contributed by atoms with Crippen LogP contribution < -0.4 is 20.7 Å². The third-order valence-electron chi connectivity index (χ3n) is 4.83. The van der Waals surface area contributed by atoms with Crippen molar-refractivity contribution < 1.29 is 14.3 Å². The standard InChI is InChI=1S/C26H27N3O3S/c1-3-15-32-23-14-8-12-21(17-23)25(31)29-26(33)28-22-13-7-11-20(16-22)24(30)27-18(2)19-9-5-4-6-10-19/h4-14,16-18H,3,15H2,1-2H3,(H,27,30)(H2,28,29,31,33).